The van der Waals surface area contributed by atoms with Crippen LogP contribution in [0, 0.1) is 11.3 Å². The second kappa shape index (κ2) is 5.31. The molecule has 0 saturated heterocycles. The van der Waals surface area contributed by atoms with Gasteiger partial charge in [-0.15, -0.1) is 0 Å². The van der Waals surface area contributed by atoms with E-state index in [0.717, 1.165) is 30.6 Å². The molecule has 0 aliphatic heterocycles. The lowest BCUT2D eigenvalue weighted by molar-refractivity contribution is -0.0960. The molecule has 0 heterocycles. The van der Waals surface area contributed by atoms with Gasteiger partial charge in [0.1, 0.15) is 5.75 Å². The van der Waals surface area contributed by atoms with Gasteiger partial charge in [-0.05, 0) is 54.7 Å². The van der Waals surface area contributed by atoms with Crippen LogP contribution in [-0.4, -0.2) is 11.2 Å². The predicted octanol–water partition coefficient (Wildman–Crippen LogP) is 4.65. The molecule has 3 rings (SSSR count). The van der Waals surface area contributed by atoms with Crippen LogP contribution < -0.4 is 4.74 Å². The quantitative estimate of drug-likeness (QED) is 0.877. The normalized spacial score (nSPS) is 30.2. The molecule has 0 radical (unpaired) electrons. The molecule has 0 bridgehead atoms. The van der Waals surface area contributed by atoms with Crippen LogP contribution in [0.3, 0.4) is 0 Å². The van der Waals surface area contributed by atoms with Crippen molar-refractivity contribution in [1.82, 2.24) is 0 Å². The van der Waals surface area contributed by atoms with Gasteiger partial charge in [0.05, 0.1) is 11.7 Å². The van der Waals surface area contributed by atoms with Gasteiger partial charge in [0, 0.05) is 0 Å². The minimum atomic E-state index is -0.709. The van der Waals surface area contributed by atoms with E-state index in [0.29, 0.717) is 12.0 Å². The third-order valence-electron chi connectivity index (χ3n) is 5.08. The van der Waals surface area contributed by atoms with Gasteiger partial charge in [0.25, 0.3) is 0 Å². The lowest BCUT2D eigenvalue weighted by Crippen LogP contribution is -2.44. The molecule has 2 saturated carbocycles. The fourth-order valence-corrected chi connectivity index (χ4v) is 3.87. The second-order valence-corrected chi connectivity index (χ2v) is 7.93. The molecule has 2 unspecified atom stereocenters. The summed E-state index contributed by atoms with van der Waals surface area (Å²) < 4.78 is 5.91. The summed E-state index contributed by atoms with van der Waals surface area (Å²) in [6, 6.07) is 8.19. The van der Waals surface area contributed by atoms with Crippen molar-refractivity contribution in [3.8, 4) is 5.75 Å². The molecule has 2 aliphatic carbocycles. The summed E-state index contributed by atoms with van der Waals surface area (Å²) in [5, 5.41) is 11.5. The monoisotopic (exact) mass is 288 g/mol. The third-order valence-corrected chi connectivity index (χ3v) is 5.08. The summed E-state index contributed by atoms with van der Waals surface area (Å²) in [6.45, 7) is 6.75. The zero-order chi connectivity index (χ0) is 15.1. The van der Waals surface area contributed by atoms with Gasteiger partial charge < -0.3 is 9.84 Å². The van der Waals surface area contributed by atoms with Crippen LogP contribution in [0.5, 0.6) is 5.75 Å². The smallest absolute Gasteiger partial charge is 0.120 e. The number of aliphatic hydroxyl groups is 1. The first kappa shape index (κ1) is 14.9. The van der Waals surface area contributed by atoms with Crippen molar-refractivity contribution >= 4 is 0 Å². The van der Waals surface area contributed by atoms with E-state index in [-0.39, 0.29) is 5.41 Å². The Kier molecular flexibility index (Phi) is 3.77. The molecular formula is C19H28O2. The molecule has 2 nitrogen and oxygen atoms in total. The third kappa shape index (κ3) is 3.11. The highest BCUT2D eigenvalue weighted by Gasteiger charge is 2.46. The van der Waals surface area contributed by atoms with Gasteiger partial charge in [-0.1, -0.05) is 45.7 Å². The molecule has 2 fully saturated rings. The molecule has 1 N–H and O–H groups in total. The number of ether oxygens (including phenoxy) is 1. The van der Waals surface area contributed by atoms with Crippen LogP contribution in [0.1, 0.15) is 64.9 Å². The Bertz CT molecular complexity index is 499. The molecular weight excluding hydrogens is 260 g/mol. The van der Waals surface area contributed by atoms with Crippen LogP contribution in [0.2, 0.25) is 0 Å². The van der Waals surface area contributed by atoms with Crippen LogP contribution >= 0.6 is 0 Å². The molecule has 0 aromatic heterocycles. The summed E-state index contributed by atoms with van der Waals surface area (Å²) in [7, 11) is 0. The van der Waals surface area contributed by atoms with Crippen molar-refractivity contribution in [3.05, 3.63) is 29.8 Å². The van der Waals surface area contributed by atoms with Crippen molar-refractivity contribution in [2.75, 3.05) is 0 Å². The fourth-order valence-electron chi connectivity index (χ4n) is 3.87. The van der Waals surface area contributed by atoms with Gasteiger partial charge in [-0.3, -0.25) is 0 Å². The van der Waals surface area contributed by atoms with Gasteiger partial charge in [0.15, 0.2) is 0 Å². The largest absolute Gasteiger partial charge is 0.490 e. The topological polar surface area (TPSA) is 29.5 Å². The Morgan fingerprint density at radius 3 is 2.57 bits per heavy atom. The first-order chi connectivity index (χ1) is 9.89. The fraction of sp³-hybridized carbons (Fsp3) is 0.684. The van der Waals surface area contributed by atoms with Crippen molar-refractivity contribution in [3.63, 3.8) is 0 Å². The van der Waals surface area contributed by atoms with Crippen molar-refractivity contribution < 1.29 is 9.84 Å². The number of rotatable bonds is 3. The van der Waals surface area contributed by atoms with Crippen LogP contribution in [-0.2, 0) is 5.60 Å². The van der Waals surface area contributed by atoms with E-state index in [1.165, 1.54) is 19.3 Å². The molecule has 1 aromatic carbocycles. The Hall–Kier alpha value is -1.02. The van der Waals surface area contributed by atoms with Gasteiger partial charge in [-0.2, -0.15) is 0 Å². The van der Waals surface area contributed by atoms with E-state index < -0.39 is 5.60 Å². The molecule has 0 amide bonds. The Morgan fingerprint density at radius 2 is 1.90 bits per heavy atom. The van der Waals surface area contributed by atoms with Gasteiger partial charge in [0.2, 0.25) is 0 Å². The summed E-state index contributed by atoms with van der Waals surface area (Å²) >= 11 is 0. The summed E-state index contributed by atoms with van der Waals surface area (Å²) in [6.07, 6.45) is 7.03. The Labute approximate surface area is 128 Å². The SMILES string of the molecule is CC(C)(C)C1CCCCC1(O)c1cccc(OC2CC2)c1. The second-order valence-electron chi connectivity index (χ2n) is 7.93. The maximum Gasteiger partial charge on any atom is 0.120 e. The van der Waals surface area contributed by atoms with Crippen molar-refractivity contribution in [1.29, 1.82) is 0 Å². The highest BCUT2D eigenvalue weighted by molar-refractivity contribution is 5.34. The van der Waals surface area contributed by atoms with E-state index >= 15 is 0 Å². The van der Waals surface area contributed by atoms with E-state index in [4.69, 9.17) is 4.74 Å². The van der Waals surface area contributed by atoms with E-state index in [2.05, 4.69) is 32.9 Å². The summed E-state index contributed by atoms with van der Waals surface area (Å²) in [5.74, 6) is 1.22. The highest BCUT2D eigenvalue weighted by atomic mass is 16.5. The van der Waals surface area contributed by atoms with E-state index in [1.807, 2.05) is 12.1 Å². The average Bonchev–Trinajstić information content (AvgIpc) is 3.22. The number of benzene rings is 1. The maximum absolute atomic E-state index is 11.5. The zero-order valence-corrected chi connectivity index (χ0v) is 13.6. The van der Waals surface area contributed by atoms with Gasteiger partial charge >= 0.3 is 0 Å². The summed E-state index contributed by atoms with van der Waals surface area (Å²) in [4.78, 5) is 0. The lowest BCUT2D eigenvalue weighted by Gasteiger charge is -2.47. The maximum atomic E-state index is 11.5. The van der Waals surface area contributed by atoms with Crippen LogP contribution in [0.15, 0.2) is 24.3 Å². The highest BCUT2D eigenvalue weighted by Crippen LogP contribution is 2.50. The van der Waals surface area contributed by atoms with Gasteiger partial charge in [-0.25, -0.2) is 0 Å². The predicted molar refractivity (Wildman–Crippen MR) is 85.4 cm³/mol. The standard InChI is InChI=1S/C19H28O2/c1-18(2,3)17-9-4-5-12-19(17,20)14-7-6-8-16(13-14)21-15-10-11-15/h6-8,13,15,17,20H,4-5,9-12H2,1-3H3. The number of hydrogen-bond acceptors (Lipinski definition) is 2. The van der Waals surface area contributed by atoms with Crippen molar-refractivity contribution in [2.45, 2.75) is 71.0 Å². The first-order valence-corrected chi connectivity index (χ1v) is 8.39. The van der Waals surface area contributed by atoms with E-state index in [1.54, 1.807) is 0 Å². The minimum Gasteiger partial charge on any atom is -0.490 e. The molecule has 116 valence electrons. The zero-order valence-electron chi connectivity index (χ0n) is 13.6. The Morgan fingerprint density at radius 1 is 1.14 bits per heavy atom. The molecule has 2 heteroatoms. The first-order valence-electron chi connectivity index (χ1n) is 8.39. The molecule has 2 atom stereocenters. The molecule has 21 heavy (non-hydrogen) atoms. The van der Waals surface area contributed by atoms with Crippen molar-refractivity contribution in [2.24, 2.45) is 11.3 Å². The summed E-state index contributed by atoms with van der Waals surface area (Å²) in [5.41, 5.74) is 0.447. The molecule has 1 aromatic rings. The van der Waals surface area contributed by atoms with Crippen LogP contribution in [0.4, 0.5) is 0 Å². The lowest BCUT2D eigenvalue weighted by atomic mass is 9.61. The number of hydrogen-bond donors (Lipinski definition) is 1. The Balaban J connectivity index is 1.91. The molecule has 0 spiro atoms. The minimum absolute atomic E-state index is 0.114. The van der Waals surface area contributed by atoms with E-state index in [9.17, 15) is 5.11 Å². The van der Waals surface area contributed by atoms with Crippen LogP contribution in [0.25, 0.3) is 0 Å². The average molecular weight is 288 g/mol. The molecule has 2 aliphatic rings.